The minimum Gasteiger partial charge on any atom is -0.497 e. The first-order valence-electron chi connectivity index (χ1n) is 9.38. The number of nitrogens with one attached hydrogen (secondary N) is 2. The standard InChI is InChI=1S/C19H30N4O4S.HI/c1-5-20-18(23-11-12-28(25,26)19(2,3)14-23)22-10-9-21-17(24)15-7-6-8-16(13-15)27-4;/h6-8,13H,5,9-12,14H2,1-4H3,(H,20,22)(H,21,24);1H. The quantitative estimate of drug-likeness (QED) is 0.247. The molecule has 10 heteroatoms. The van der Waals surface area contributed by atoms with Crippen molar-refractivity contribution in [2.45, 2.75) is 25.5 Å². The Labute approximate surface area is 190 Å². The van der Waals surface area contributed by atoms with Gasteiger partial charge in [0.25, 0.3) is 5.91 Å². The smallest absolute Gasteiger partial charge is 0.251 e. The van der Waals surface area contributed by atoms with E-state index in [9.17, 15) is 13.2 Å². The number of guanidine groups is 1. The maximum atomic E-state index is 12.2. The van der Waals surface area contributed by atoms with Crippen molar-refractivity contribution in [2.75, 3.05) is 45.6 Å². The fourth-order valence-electron chi connectivity index (χ4n) is 2.95. The van der Waals surface area contributed by atoms with Gasteiger partial charge in [0, 0.05) is 31.7 Å². The van der Waals surface area contributed by atoms with Crippen molar-refractivity contribution in [3.63, 3.8) is 0 Å². The zero-order chi connectivity index (χ0) is 20.8. The van der Waals surface area contributed by atoms with Crippen LogP contribution in [0.5, 0.6) is 5.75 Å². The number of amides is 1. The monoisotopic (exact) mass is 538 g/mol. The van der Waals surface area contributed by atoms with Gasteiger partial charge in [-0.15, -0.1) is 24.0 Å². The molecule has 2 N–H and O–H groups in total. The molecule has 1 amide bonds. The molecular weight excluding hydrogens is 507 g/mol. The van der Waals surface area contributed by atoms with Gasteiger partial charge >= 0.3 is 0 Å². The molecule has 0 aliphatic carbocycles. The number of carbonyl (C=O) groups excluding carboxylic acids is 1. The normalized spacial score (nSPS) is 17.8. The Morgan fingerprint density at radius 3 is 2.66 bits per heavy atom. The second-order valence-electron chi connectivity index (χ2n) is 7.22. The second-order valence-corrected chi connectivity index (χ2v) is 9.97. The van der Waals surface area contributed by atoms with Crippen molar-refractivity contribution >= 4 is 45.7 Å². The predicted octanol–water partition coefficient (Wildman–Crippen LogP) is 1.52. The molecule has 29 heavy (non-hydrogen) atoms. The number of carbonyl (C=O) groups is 1. The summed E-state index contributed by atoms with van der Waals surface area (Å²) in [6.45, 7) is 7.69. The number of sulfone groups is 1. The lowest BCUT2D eigenvalue weighted by molar-refractivity contribution is 0.0954. The highest BCUT2D eigenvalue weighted by atomic mass is 127. The fourth-order valence-corrected chi connectivity index (χ4v) is 4.31. The minimum atomic E-state index is -3.11. The van der Waals surface area contributed by atoms with E-state index in [4.69, 9.17) is 4.74 Å². The first-order valence-corrected chi connectivity index (χ1v) is 11.0. The average Bonchev–Trinajstić information content (AvgIpc) is 2.66. The molecule has 0 saturated carbocycles. The van der Waals surface area contributed by atoms with Gasteiger partial charge in [0.1, 0.15) is 5.75 Å². The summed E-state index contributed by atoms with van der Waals surface area (Å²) in [5, 5.41) is 6.04. The summed E-state index contributed by atoms with van der Waals surface area (Å²) in [6.07, 6.45) is 0. The van der Waals surface area contributed by atoms with Crippen molar-refractivity contribution in [1.29, 1.82) is 0 Å². The molecule has 1 heterocycles. The van der Waals surface area contributed by atoms with E-state index in [0.29, 0.717) is 50.0 Å². The zero-order valence-electron chi connectivity index (χ0n) is 17.4. The van der Waals surface area contributed by atoms with E-state index >= 15 is 0 Å². The van der Waals surface area contributed by atoms with Crippen LogP contribution < -0.4 is 15.4 Å². The Balaban J connectivity index is 0.00000420. The number of halogens is 1. The van der Waals surface area contributed by atoms with Gasteiger partial charge in [-0.3, -0.25) is 9.79 Å². The second kappa shape index (κ2) is 11.0. The summed E-state index contributed by atoms with van der Waals surface area (Å²) in [5.74, 6) is 1.21. The lowest BCUT2D eigenvalue weighted by atomic mass is 10.2. The van der Waals surface area contributed by atoms with Crippen LogP contribution in [-0.2, 0) is 9.84 Å². The molecule has 0 unspecified atom stereocenters. The molecule has 8 nitrogen and oxygen atoms in total. The van der Waals surface area contributed by atoms with Crippen LogP contribution in [0.15, 0.2) is 29.3 Å². The Morgan fingerprint density at radius 2 is 2.03 bits per heavy atom. The molecule has 1 aromatic rings. The number of aliphatic imine (C=N–C) groups is 1. The van der Waals surface area contributed by atoms with Gasteiger partial charge in [0.2, 0.25) is 0 Å². The van der Waals surface area contributed by atoms with E-state index < -0.39 is 14.6 Å². The highest BCUT2D eigenvalue weighted by Crippen LogP contribution is 2.23. The largest absolute Gasteiger partial charge is 0.497 e. The number of methoxy groups -OCH3 is 1. The number of ether oxygens (including phenoxy) is 1. The van der Waals surface area contributed by atoms with Crippen molar-refractivity contribution in [2.24, 2.45) is 4.99 Å². The number of nitrogens with zero attached hydrogens (tertiary/aromatic N) is 2. The van der Waals surface area contributed by atoms with Crippen LogP contribution in [-0.4, -0.2) is 75.5 Å². The van der Waals surface area contributed by atoms with Crippen molar-refractivity contribution < 1.29 is 17.9 Å². The van der Waals surface area contributed by atoms with Crippen molar-refractivity contribution in [3.8, 4) is 5.75 Å². The summed E-state index contributed by atoms with van der Waals surface area (Å²) in [5.41, 5.74) is 0.526. The first-order chi connectivity index (χ1) is 13.2. The van der Waals surface area contributed by atoms with E-state index in [2.05, 4.69) is 15.6 Å². The van der Waals surface area contributed by atoms with Gasteiger partial charge < -0.3 is 20.3 Å². The molecule has 0 aromatic heterocycles. The van der Waals surface area contributed by atoms with Gasteiger partial charge in [-0.1, -0.05) is 6.07 Å². The highest BCUT2D eigenvalue weighted by Gasteiger charge is 2.40. The van der Waals surface area contributed by atoms with Crippen LogP contribution in [0, 0.1) is 0 Å². The molecule has 0 spiro atoms. The van der Waals surface area contributed by atoms with E-state index in [-0.39, 0.29) is 35.6 Å². The predicted molar refractivity (Wildman–Crippen MR) is 126 cm³/mol. The number of rotatable bonds is 6. The van der Waals surface area contributed by atoms with Crippen LogP contribution in [0.1, 0.15) is 31.1 Å². The molecular formula is C19H31IN4O4S. The van der Waals surface area contributed by atoms with Gasteiger partial charge in [0.05, 0.1) is 24.2 Å². The minimum absolute atomic E-state index is 0. The molecule has 2 rings (SSSR count). The number of benzene rings is 1. The van der Waals surface area contributed by atoms with E-state index in [1.165, 1.54) is 0 Å². The van der Waals surface area contributed by atoms with Gasteiger partial charge in [0.15, 0.2) is 15.8 Å². The van der Waals surface area contributed by atoms with Crippen molar-refractivity contribution in [3.05, 3.63) is 29.8 Å². The zero-order valence-corrected chi connectivity index (χ0v) is 20.5. The average molecular weight is 538 g/mol. The maximum absolute atomic E-state index is 12.2. The van der Waals surface area contributed by atoms with Gasteiger partial charge in [-0.05, 0) is 39.0 Å². The molecule has 1 fully saturated rings. The summed E-state index contributed by atoms with van der Waals surface area (Å²) >= 11 is 0. The first kappa shape index (κ1) is 25.5. The van der Waals surface area contributed by atoms with E-state index in [0.717, 1.165) is 0 Å². The Morgan fingerprint density at radius 1 is 1.31 bits per heavy atom. The van der Waals surface area contributed by atoms with Crippen LogP contribution in [0.25, 0.3) is 0 Å². The van der Waals surface area contributed by atoms with E-state index in [1.807, 2.05) is 11.8 Å². The SMILES string of the molecule is CCNC(=NCCNC(=O)c1cccc(OC)c1)N1CCS(=O)(=O)C(C)(C)C1.I. The fraction of sp³-hybridized carbons (Fsp3) is 0.579. The molecule has 1 aliphatic rings. The van der Waals surface area contributed by atoms with Crippen molar-refractivity contribution in [1.82, 2.24) is 15.5 Å². The van der Waals surface area contributed by atoms with Crippen LogP contribution in [0.4, 0.5) is 0 Å². The maximum Gasteiger partial charge on any atom is 0.251 e. The molecule has 0 radical (unpaired) electrons. The third-order valence-electron chi connectivity index (χ3n) is 4.67. The number of hydrogen-bond donors (Lipinski definition) is 2. The topological polar surface area (TPSA) is 100 Å². The summed E-state index contributed by atoms with van der Waals surface area (Å²) in [4.78, 5) is 18.7. The Kier molecular flexibility index (Phi) is 9.66. The van der Waals surface area contributed by atoms with Gasteiger partial charge in [-0.25, -0.2) is 8.42 Å². The molecule has 0 bridgehead atoms. The molecule has 164 valence electrons. The summed E-state index contributed by atoms with van der Waals surface area (Å²) < 4.78 is 28.7. The third-order valence-corrected chi connectivity index (χ3v) is 7.20. The lowest BCUT2D eigenvalue weighted by Crippen LogP contribution is -2.57. The summed E-state index contributed by atoms with van der Waals surface area (Å²) in [6, 6.07) is 6.95. The molecule has 0 atom stereocenters. The Bertz CT molecular complexity index is 827. The summed E-state index contributed by atoms with van der Waals surface area (Å²) in [7, 11) is -1.55. The lowest BCUT2D eigenvalue weighted by Gasteiger charge is -2.39. The number of hydrogen-bond acceptors (Lipinski definition) is 5. The Hall–Kier alpha value is -1.56. The van der Waals surface area contributed by atoms with Crippen LogP contribution in [0.3, 0.4) is 0 Å². The van der Waals surface area contributed by atoms with Crippen LogP contribution >= 0.6 is 24.0 Å². The molecule has 1 saturated heterocycles. The van der Waals surface area contributed by atoms with Gasteiger partial charge in [-0.2, -0.15) is 0 Å². The van der Waals surface area contributed by atoms with Crippen LogP contribution in [0.2, 0.25) is 0 Å². The van der Waals surface area contributed by atoms with E-state index in [1.54, 1.807) is 45.2 Å². The molecule has 1 aromatic carbocycles. The highest BCUT2D eigenvalue weighted by molar-refractivity contribution is 14.0. The molecule has 1 aliphatic heterocycles. The third kappa shape index (κ3) is 6.73.